The summed E-state index contributed by atoms with van der Waals surface area (Å²) >= 11 is 0. The molecule has 44 heavy (non-hydrogen) atoms. The fourth-order valence-corrected chi connectivity index (χ4v) is 7.17. The Hall–Kier alpha value is -5.68. The Morgan fingerprint density at radius 1 is 0.932 bits per heavy atom. The number of ether oxygens (including phenoxy) is 2. The fourth-order valence-electron chi connectivity index (χ4n) is 7.17. The van der Waals surface area contributed by atoms with E-state index in [-0.39, 0.29) is 35.4 Å². The van der Waals surface area contributed by atoms with Crippen LogP contribution in [0, 0.1) is 17.2 Å². The smallest absolute Gasteiger partial charge is 0.238 e. The molecule has 1 spiro atoms. The minimum atomic E-state index is -1.45. The van der Waals surface area contributed by atoms with Crippen molar-refractivity contribution in [1.82, 2.24) is 4.90 Å². The van der Waals surface area contributed by atoms with Crippen LogP contribution in [-0.4, -0.2) is 42.1 Å². The minimum absolute atomic E-state index is 0.232. The Bertz CT molecular complexity index is 1890. The zero-order valence-corrected chi connectivity index (χ0v) is 23.8. The molecule has 1 amide bonds. The SMILES string of the molecule is COc1ccc(C(=O)[C@H]2[C@@H](C(=O)c3ccccc3OCC#N)N3C=Cc4ccccc4[C@@H]3[C@]23C(=O)Nc2ccccc23)cc1. The van der Waals surface area contributed by atoms with Gasteiger partial charge in [-0.1, -0.05) is 54.6 Å². The summed E-state index contributed by atoms with van der Waals surface area (Å²) < 4.78 is 11.0. The van der Waals surface area contributed by atoms with Crippen LogP contribution >= 0.6 is 0 Å². The third-order valence-corrected chi connectivity index (χ3v) is 8.94. The molecule has 8 heteroatoms. The van der Waals surface area contributed by atoms with E-state index < -0.39 is 23.4 Å². The highest BCUT2D eigenvalue weighted by atomic mass is 16.5. The van der Waals surface area contributed by atoms with Gasteiger partial charge in [0, 0.05) is 17.5 Å². The van der Waals surface area contributed by atoms with E-state index in [4.69, 9.17) is 9.47 Å². The summed E-state index contributed by atoms with van der Waals surface area (Å²) in [5, 5.41) is 12.2. The Kier molecular flexibility index (Phi) is 6.51. The number of nitrogens with one attached hydrogen (secondary N) is 1. The summed E-state index contributed by atoms with van der Waals surface area (Å²) in [7, 11) is 1.55. The van der Waals surface area contributed by atoms with Crippen LogP contribution in [0.25, 0.3) is 6.08 Å². The number of para-hydroxylation sites is 2. The fraction of sp³-hybridized carbons (Fsp3) is 0.167. The van der Waals surface area contributed by atoms with E-state index in [9.17, 15) is 19.6 Å². The van der Waals surface area contributed by atoms with Crippen molar-refractivity contribution in [3.8, 4) is 17.6 Å². The van der Waals surface area contributed by atoms with Crippen LogP contribution < -0.4 is 14.8 Å². The first-order valence-electron chi connectivity index (χ1n) is 14.3. The number of carbonyl (C=O) groups excluding carboxylic acids is 3. The second kappa shape index (κ2) is 10.5. The van der Waals surface area contributed by atoms with Gasteiger partial charge in [-0.3, -0.25) is 14.4 Å². The molecule has 3 heterocycles. The van der Waals surface area contributed by atoms with Crippen molar-refractivity contribution >= 4 is 29.2 Å². The first kappa shape index (κ1) is 27.2. The minimum Gasteiger partial charge on any atom is -0.497 e. The molecule has 1 saturated heterocycles. The third-order valence-electron chi connectivity index (χ3n) is 8.94. The zero-order valence-electron chi connectivity index (χ0n) is 23.8. The number of nitrogens with zero attached hydrogens (tertiary/aromatic N) is 2. The number of amides is 1. The molecule has 7 rings (SSSR count). The molecule has 0 aliphatic carbocycles. The maximum absolute atomic E-state index is 14.9. The van der Waals surface area contributed by atoms with Gasteiger partial charge in [-0.2, -0.15) is 5.26 Å². The first-order valence-corrected chi connectivity index (χ1v) is 14.3. The van der Waals surface area contributed by atoms with Gasteiger partial charge < -0.3 is 19.7 Å². The number of benzene rings is 4. The monoisotopic (exact) mass is 581 g/mol. The quantitative estimate of drug-likeness (QED) is 0.284. The summed E-state index contributed by atoms with van der Waals surface area (Å²) in [5.41, 5.74) is 2.18. The van der Waals surface area contributed by atoms with Crippen LogP contribution in [0.3, 0.4) is 0 Å². The number of methoxy groups -OCH3 is 1. The first-order chi connectivity index (χ1) is 21.5. The second-order valence-electron chi connectivity index (χ2n) is 11.0. The number of hydrogen-bond acceptors (Lipinski definition) is 7. The lowest BCUT2D eigenvalue weighted by Crippen LogP contribution is -2.49. The molecule has 0 unspecified atom stereocenters. The predicted molar refractivity (Wildman–Crippen MR) is 163 cm³/mol. The number of fused-ring (bicyclic) bond motifs is 6. The summed E-state index contributed by atoms with van der Waals surface area (Å²) in [4.78, 5) is 46.2. The van der Waals surface area contributed by atoms with Gasteiger partial charge in [0.2, 0.25) is 5.91 Å². The summed E-state index contributed by atoms with van der Waals surface area (Å²) in [6.45, 7) is -0.248. The molecule has 4 atom stereocenters. The van der Waals surface area contributed by atoms with Crippen molar-refractivity contribution in [3.05, 3.63) is 131 Å². The van der Waals surface area contributed by atoms with Crippen molar-refractivity contribution in [2.45, 2.75) is 17.5 Å². The van der Waals surface area contributed by atoms with E-state index in [2.05, 4.69) is 5.32 Å². The standard InChI is InChI=1S/C36H27N3O5/c1-43-24-16-14-23(15-17-24)32(40)30-31(33(41)26-10-4-7-13-29(26)44-21-19-37)39-20-18-22-8-2-3-9-25(22)34(39)36(30)27-11-5-6-12-28(27)38-35(36)42/h2-18,20,30-31,34H,21H2,1H3,(H,38,42)/t30-,31+,34-,36-/m1/s1. The molecular formula is C36H27N3O5. The molecule has 1 fully saturated rings. The highest BCUT2D eigenvalue weighted by Crippen LogP contribution is 2.62. The van der Waals surface area contributed by atoms with E-state index in [0.717, 1.165) is 11.1 Å². The van der Waals surface area contributed by atoms with Crippen LogP contribution in [0.5, 0.6) is 11.5 Å². The lowest BCUT2D eigenvalue weighted by Gasteiger charge is -2.38. The molecule has 0 saturated carbocycles. The van der Waals surface area contributed by atoms with Crippen molar-refractivity contribution in [2.24, 2.45) is 5.92 Å². The van der Waals surface area contributed by atoms with Gasteiger partial charge in [-0.25, -0.2) is 0 Å². The zero-order chi connectivity index (χ0) is 30.4. The van der Waals surface area contributed by atoms with Gasteiger partial charge >= 0.3 is 0 Å². The molecule has 0 bridgehead atoms. The molecule has 216 valence electrons. The molecule has 1 N–H and O–H groups in total. The number of carbonyl (C=O) groups is 3. The van der Waals surface area contributed by atoms with Crippen LogP contribution in [0.1, 0.15) is 43.4 Å². The van der Waals surface area contributed by atoms with Gasteiger partial charge in [0.25, 0.3) is 0 Å². The highest BCUT2D eigenvalue weighted by molar-refractivity contribution is 6.17. The van der Waals surface area contributed by atoms with E-state index in [1.54, 1.807) is 55.6 Å². The van der Waals surface area contributed by atoms with Crippen molar-refractivity contribution in [2.75, 3.05) is 19.0 Å². The number of ketones is 2. The topological polar surface area (TPSA) is 109 Å². The Balaban J connectivity index is 1.51. The number of hydrogen-bond donors (Lipinski definition) is 1. The lowest BCUT2D eigenvalue weighted by atomic mass is 9.62. The molecule has 0 aromatic heterocycles. The van der Waals surface area contributed by atoms with Crippen molar-refractivity contribution in [3.63, 3.8) is 0 Å². The van der Waals surface area contributed by atoms with Gasteiger partial charge in [0.15, 0.2) is 18.2 Å². The molecule has 0 radical (unpaired) electrons. The molecule has 3 aliphatic rings. The third kappa shape index (κ3) is 3.86. The Labute approximate surface area is 254 Å². The van der Waals surface area contributed by atoms with E-state index in [0.29, 0.717) is 22.6 Å². The molecule has 8 nitrogen and oxygen atoms in total. The van der Waals surface area contributed by atoms with Crippen LogP contribution in [-0.2, 0) is 10.2 Å². The molecule has 3 aliphatic heterocycles. The maximum Gasteiger partial charge on any atom is 0.238 e. The summed E-state index contributed by atoms with van der Waals surface area (Å²) in [6, 6.07) is 28.8. The highest BCUT2D eigenvalue weighted by Gasteiger charge is 2.70. The van der Waals surface area contributed by atoms with Crippen LogP contribution in [0.2, 0.25) is 0 Å². The lowest BCUT2D eigenvalue weighted by molar-refractivity contribution is -0.122. The van der Waals surface area contributed by atoms with E-state index >= 15 is 0 Å². The van der Waals surface area contributed by atoms with E-state index in [1.807, 2.05) is 71.8 Å². The number of rotatable bonds is 7. The average molecular weight is 582 g/mol. The summed E-state index contributed by atoms with van der Waals surface area (Å²) in [6.07, 6.45) is 3.74. The normalized spacial score (nSPS) is 22.4. The van der Waals surface area contributed by atoms with Gasteiger partial charge in [-0.15, -0.1) is 0 Å². The number of nitriles is 1. The Morgan fingerprint density at radius 2 is 1.66 bits per heavy atom. The molecule has 4 aromatic carbocycles. The van der Waals surface area contributed by atoms with Crippen molar-refractivity contribution < 1.29 is 23.9 Å². The van der Waals surface area contributed by atoms with Gasteiger partial charge in [-0.05, 0) is 65.2 Å². The maximum atomic E-state index is 14.9. The molecular weight excluding hydrogens is 554 g/mol. The average Bonchev–Trinajstić information content (AvgIpc) is 3.55. The number of Topliss-reactive ketones (excluding diaryl/α,β-unsaturated/α-hetero) is 2. The Morgan fingerprint density at radius 3 is 2.45 bits per heavy atom. The summed E-state index contributed by atoms with van der Waals surface area (Å²) in [5.74, 6) is -1.36. The predicted octanol–water partition coefficient (Wildman–Crippen LogP) is 5.58. The van der Waals surface area contributed by atoms with Crippen LogP contribution in [0.15, 0.2) is 103 Å². The van der Waals surface area contributed by atoms with E-state index in [1.165, 1.54) is 0 Å². The van der Waals surface area contributed by atoms with Crippen molar-refractivity contribution in [1.29, 1.82) is 5.26 Å². The second-order valence-corrected chi connectivity index (χ2v) is 11.0. The van der Waals surface area contributed by atoms with Crippen LogP contribution in [0.4, 0.5) is 5.69 Å². The molecule has 4 aromatic rings. The van der Waals surface area contributed by atoms with Gasteiger partial charge in [0.05, 0.1) is 24.6 Å². The van der Waals surface area contributed by atoms with Gasteiger partial charge in [0.1, 0.15) is 29.0 Å². The number of anilines is 1. The largest absolute Gasteiger partial charge is 0.497 e.